The van der Waals surface area contributed by atoms with Gasteiger partial charge < -0.3 is 19.5 Å². The Bertz CT molecular complexity index is 998. The molecule has 1 aliphatic heterocycles. The Morgan fingerprint density at radius 3 is 2.89 bits per heavy atom. The number of β-amino-alcohol motifs (C(OH)–C–C–N with tert-alkyl or cyclic N) is 1. The van der Waals surface area contributed by atoms with Gasteiger partial charge in [0.05, 0.1) is 32.1 Å². The number of anilines is 1. The number of nitrogens with one attached hydrogen (secondary N) is 1. The maximum absolute atomic E-state index is 12.8. The van der Waals surface area contributed by atoms with Gasteiger partial charge in [0.15, 0.2) is 0 Å². The van der Waals surface area contributed by atoms with E-state index in [0.29, 0.717) is 0 Å². The van der Waals surface area contributed by atoms with Crippen LogP contribution >= 0.6 is 11.6 Å². The van der Waals surface area contributed by atoms with E-state index in [0.717, 1.165) is 0 Å². The number of carbonyl (C=O) groups excluding carboxylic acids is 1. The van der Waals surface area contributed by atoms with Gasteiger partial charge in [0.2, 0.25) is 5.88 Å². The number of aromatic nitrogens is 1. The molecule has 1 aromatic heterocycles. The number of ether oxygens (including phenoxy) is 2. The Balaban J connectivity index is 1.95. The number of sulfonamides is 1. The molecule has 9 nitrogen and oxygen atoms in total. The van der Waals surface area contributed by atoms with Crippen LogP contribution in [0.5, 0.6) is 11.6 Å². The fourth-order valence-corrected chi connectivity index (χ4v) is 4.17. The molecule has 0 radical (unpaired) electrons. The van der Waals surface area contributed by atoms with E-state index >= 15 is 0 Å². The monoisotopic (exact) mass is 427 g/mol. The Morgan fingerprint density at radius 2 is 2.18 bits per heavy atom. The molecule has 1 aliphatic rings. The number of amides is 1. The molecule has 0 fully saturated rings. The van der Waals surface area contributed by atoms with Crippen molar-refractivity contribution in [3.8, 4) is 11.6 Å². The van der Waals surface area contributed by atoms with Gasteiger partial charge in [0, 0.05) is 11.6 Å². The molecular weight excluding hydrogens is 410 g/mol. The van der Waals surface area contributed by atoms with E-state index in [4.69, 9.17) is 26.2 Å². The van der Waals surface area contributed by atoms with Crippen LogP contribution in [0.4, 0.5) is 5.69 Å². The van der Waals surface area contributed by atoms with Crippen LogP contribution < -0.4 is 14.2 Å². The molecule has 0 unspecified atom stereocenters. The molecule has 0 bridgehead atoms. The zero-order chi connectivity index (χ0) is 20.3. The summed E-state index contributed by atoms with van der Waals surface area (Å²) in [7, 11) is -2.72. The predicted octanol–water partition coefficient (Wildman–Crippen LogP) is 1.37. The molecule has 2 aromatic rings. The molecule has 11 heteroatoms. The van der Waals surface area contributed by atoms with E-state index in [9.17, 15) is 13.2 Å². The Morgan fingerprint density at radius 1 is 1.39 bits per heavy atom. The average molecular weight is 428 g/mol. The van der Waals surface area contributed by atoms with Crippen LogP contribution in [0, 0.1) is 0 Å². The molecule has 0 saturated heterocycles. The van der Waals surface area contributed by atoms with Gasteiger partial charge in [-0.25, -0.2) is 13.4 Å². The maximum Gasteiger partial charge on any atom is 0.265 e. The van der Waals surface area contributed by atoms with Crippen molar-refractivity contribution in [2.45, 2.75) is 4.90 Å². The summed E-state index contributed by atoms with van der Waals surface area (Å²) in [5.41, 5.74) is 0.174. The standard InChI is InChI=1S/C17H18ClN3O6S/c1-26-14-3-2-11(18)8-15(14)28(24,25)20-12-9-13-16(19-10-12)27-7-5-21(4-6-22)17(13)23/h2-3,8-10,20,22H,4-7H2,1H3. The van der Waals surface area contributed by atoms with Crippen LogP contribution in [0.25, 0.3) is 0 Å². The number of halogens is 1. The van der Waals surface area contributed by atoms with Crippen molar-refractivity contribution in [2.24, 2.45) is 0 Å². The maximum atomic E-state index is 12.8. The molecule has 0 atom stereocenters. The van der Waals surface area contributed by atoms with E-state index in [1.807, 2.05) is 0 Å². The average Bonchev–Trinajstić information content (AvgIpc) is 2.81. The quantitative estimate of drug-likeness (QED) is 0.714. The van der Waals surface area contributed by atoms with E-state index in [1.165, 1.54) is 42.5 Å². The number of aliphatic hydroxyl groups is 1. The molecule has 1 aromatic carbocycles. The third-order valence-electron chi connectivity index (χ3n) is 4.01. The highest BCUT2D eigenvalue weighted by Gasteiger charge is 2.26. The summed E-state index contributed by atoms with van der Waals surface area (Å²) < 4.78 is 38.5. The van der Waals surface area contributed by atoms with Crippen molar-refractivity contribution < 1.29 is 27.8 Å². The van der Waals surface area contributed by atoms with E-state index in [1.54, 1.807) is 0 Å². The van der Waals surface area contributed by atoms with Gasteiger partial charge in [-0.1, -0.05) is 11.6 Å². The molecule has 150 valence electrons. The van der Waals surface area contributed by atoms with Crippen LogP contribution in [0.2, 0.25) is 5.02 Å². The zero-order valence-corrected chi connectivity index (χ0v) is 16.5. The van der Waals surface area contributed by atoms with Crippen molar-refractivity contribution in [3.63, 3.8) is 0 Å². The summed E-state index contributed by atoms with van der Waals surface area (Å²) in [6.07, 6.45) is 1.25. The number of hydrogen-bond donors (Lipinski definition) is 2. The highest BCUT2D eigenvalue weighted by atomic mass is 35.5. The lowest BCUT2D eigenvalue weighted by Crippen LogP contribution is -2.34. The number of pyridine rings is 1. The summed E-state index contributed by atoms with van der Waals surface area (Å²) in [6, 6.07) is 5.55. The third-order valence-corrected chi connectivity index (χ3v) is 5.64. The second-order valence-electron chi connectivity index (χ2n) is 5.84. The molecule has 3 rings (SSSR count). The second kappa shape index (κ2) is 8.21. The first kappa shape index (κ1) is 20.2. The number of carbonyl (C=O) groups is 1. The first-order chi connectivity index (χ1) is 13.4. The smallest absolute Gasteiger partial charge is 0.265 e. The van der Waals surface area contributed by atoms with Crippen LogP contribution in [0.15, 0.2) is 35.4 Å². The molecule has 28 heavy (non-hydrogen) atoms. The molecular formula is C17H18ClN3O6S. The lowest BCUT2D eigenvalue weighted by molar-refractivity contribution is 0.0721. The zero-order valence-electron chi connectivity index (χ0n) is 14.9. The normalized spacial score (nSPS) is 14.1. The lowest BCUT2D eigenvalue weighted by atomic mass is 10.2. The minimum atomic E-state index is -4.06. The van der Waals surface area contributed by atoms with Gasteiger partial charge in [0.25, 0.3) is 15.9 Å². The number of aliphatic hydroxyl groups excluding tert-OH is 1. The first-order valence-corrected chi connectivity index (χ1v) is 10.1. The van der Waals surface area contributed by atoms with Crippen molar-refractivity contribution in [2.75, 3.05) is 38.1 Å². The Labute approximate surface area is 166 Å². The minimum absolute atomic E-state index is 0.0728. The van der Waals surface area contributed by atoms with Crippen LogP contribution in [-0.4, -0.2) is 62.7 Å². The summed E-state index contributed by atoms with van der Waals surface area (Å²) >= 11 is 5.91. The minimum Gasteiger partial charge on any atom is -0.495 e. The van der Waals surface area contributed by atoms with Crippen LogP contribution in [0.3, 0.4) is 0 Å². The van der Waals surface area contributed by atoms with Crippen LogP contribution in [0.1, 0.15) is 10.4 Å². The van der Waals surface area contributed by atoms with E-state index in [2.05, 4.69) is 9.71 Å². The number of fused-ring (bicyclic) bond motifs is 1. The van der Waals surface area contributed by atoms with Gasteiger partial charge in [-0.2, -0.15) is 0 Å². The lowest BCUT2D eigenvalue weighted by Gasteiger charge is -2.18. The number of nitrogens with zero attached hydrogens (tertiary/aromatic N) is 2. The van der Waals surface area contributed by atoms with Gasteiger partial charge >= 0.3 is 0 Å². The van der Waals surface area contributed by atoms with Gasteiger partial charge in [-0.05, 0) is 24.3 Å². The van der Waals surface area contributed by atoms with Crippen molar-refractivity contribution >= 4 is 33.2 Å². The Kier molecular flexibility index (Phi) is 5.92. The molecule has 2 N–H and O–H groups in total. The Hall–Kier alpha value is -2.56. The second-order valence-corrected chi connectivity index (χ2v) is 7.93. The number of methoxy groups -OCH3 is 1. The summed E-state index contributed by atoms with van der Waals surface area (Å²) in [5.74, 6) is -0.183. The first-order valence-electron chi connectivity index (χ1n) is 8.25. The van der Waals surface area contributed by atoms with Crippen molar-refractivity contribution in [1.29, 1.82) is 0 Å². The number of hydrogen-bond acceptors (Lipinski definition) is 7. The topological polar surface area (TPSA) is 118 Å². The molecule has 1 amide bonds. The van der Waals surface area contributed by atoms with Gasteiger partial charge in [0.1, 0.15) is 22.8 Å². The molecule has 0 saturated carbocycles. The summed E-state index contributed by atoms with van der Waals surface area (Å²) in [4.78, 5) is 17.9. The molecule has 0 spiro atoms. The SMILES string of the molecule is COc1ccc(Cl)cc1S(=O)(=O)Nc1cnc2c(c1)C(=O)N(CCO)CCO2. The van der Waals surface area contributed by atoms with Crippen molar-refractivity contribution in [3.05, 3.63) is 41.0 Å². The highest BCUT2D eigenvalue weighted by Crippen LogP contribution is 2.30. The fourth-order valence-electron chi connectivity index (χ4n) is 2.71. The number of rotatable bonds is 6. The molecule has 0 aliphatic carbocycles. The number of benzene rings is 1. The van der Waals surface area contributed by atoms with Crippen LogP contribution in [-0.2, 0) is 10.0 Å². The van der Waals surface area contributed by atoms with E-state index < -0.39 is 15.9 Å². The van der Waals surface area contributed by atoms with Crippen molar-refractivity contribution in [1.82, 2.24) is 9.88 Å². The van der Waals surface area contributed by atoms with Gasteiger partial charge in [-0.3, -0.25) is 9.52 Å². The third kappa shape index (κ3) is 4.13. The molecule has 2 heterocycles. The largest absolute Gasteiger partial charge is 0.495 e. The fraction of sp³-hybridized carbons (Fsp3) is 0.294. The predicted molar refractivity (Wildman–Crippen MR) is 102 cm³/mol. The van der Waals surface area contributed by atoms with Gasteiger partial charge in [-0.15, -0.1) is 0 Å². The highest BCUT2D eigenvalue weighted by molar-refractivity contribution is 7.92. The summed E-state index contributed by atoms with van der Waals surface area (Å²) in [6.45, 7) is 0.444. The summed E-state index contributed by atoms with van der Waals surface area (Å²) in [5, 5.41) is 9.34. The van der Waals surface area contributed by atoms with E-state index in [-0.39, 0.29) is 59.1 Å².